The highest BCUT2D eigenvalue weighted by molar-refractivity contribution is 6.33. The molecule has 4 nitrogen and oxygen atoms in total. The zero-order valence-corrected chi connectivity index (χ0v) is 12.6. The quantitative estimate of drug-likeness (QED) is 0.848. The van der Waals surface area contributed by atoms with Crippen molar-refractivity contribution < 1.29 is 9.53 Å². The average molecular weight is 305 g/mol. The minimum Gasteiger partial charge on any atom is -0.481 e. The zero-order valence-electron chi connectivity index (χ0n) is 11.9. The summed E-state index contributed by atoms with van der Waals surface area (Å²) < 4.78 is 5.61. The number of hydrogen-bond acceptors (Lipinski definition) is 3. The predicted molar refractivity (Wildman–Crippen MR) is 85.8 cm³/mol. The standard InChI is InChI=1S/C16H17ClN2O2/c1-10-4-3-5-13(8-10)21-11(2)16(20)19-12-6-7-14(17)15(18)9-12/h3-9,11H,18H2,1-2H3,(H,19,20)/t11-/m1/s1. The number of rotatable bonds is 4. The Morgan fingerprint density at radius 2 is 2.05 bits per heavy atom. The molecule has 0 saturated heterocycles. The van der Waals surface area contributed by atoms with Gasteiger partial charge in [-0.3, -0.25) is 4.79 Å². The van der Waals surface area contributed by atoms with Gasteiger partial charge in [-0.2, -0.15) is 0 Å². The fourth-order valence-electron chi connectivity index (χ4n) is 1.81. The number of amides is 1. The maximum Gasteiger partial charge on any atom is 0.265 e. The van der Waals surface area contributed by atoms with E-state index in [2.05, 4.69) is 5.32 Å². The van der Waals surface area contributed by atoms with Crippen LogP contribution in [0.3, 0.4) is 0 Å². The Labute approximate surface area is 128 Å². The summed E-state index contributed by atoms with van der Waals surface area (Å²) >= 11 is 5.84. The molecular formula is C16H17ClN2O2. The third kappa shape index (κ3) is 4.13. The summed E-state index contributed by atoms with van der Waals surface area (Å²) in [5.74, 6) is 0.409. The summed E-state index contributed by atoms with van der Waals surface area (Å²) in [6, 6.07) is 12.5. The van der Waals surface area contributed by atoms with E-state index in [1.165, 1.54) is 0 Å². The van der Waals surface area contributed by atoms with E-state index in [9.17, 15) is 4.79 Å². The smallest absolute Gasteiger partial charge is 0.265 e. The van der Waals surface area contributed by atoms with Gasteiger partial charge in [-0.25, -0.2) is 0 Å². The maximum absolute atomic E-state index is 12.1. The molecule has 2 aromatic rings. The van der Waals surface area contributed by atoms with Crippen molar-refractivity contribution in [2.75, 3.05) is 11.1 Å². The first kappa shape index (κ1) is 15.2. The third-order valence-electron chi connectivity index (χ3n) is 2.94. The molecule has 110 valence electrons. The third-order valence-corrected chi connectivity index (χ3v) is 3.28. The van der Waals surface area contributed by atoms with Gasteiger partial charge in [0.2, 0.25) is 0 Å². The van der Waals surface area contributed by atoms with Crippen molar-refractivity contribution in [3.63, 3.8) is 0 Å². The molecule has 1 amide bonds. The molecule has 0 unspecified atom stereocenters. The van der Waals surface area contributed by atoms with Crippen LogP contribution in [0.5, 0.6) is 5.75 Å². The highest BCUT2D eigenvalue weighted by Gasteiger charge is 2.15. The molecule has 0 heterocycles. The second-order valence-corrected chi connectivity index (χ2v) is 5.21. The molecule has 0 bridgehead atoms. The largest absolute Gasteiger partial charge is 0.481 e. The van der Waals surface area contributed by atoms with Gasteiger partial charge >= 0.3 is 0 Å². The Morgan fingerprint density at radius 1 is 1.29 bits per heavy atom. The van der Waals surface area contributed by atoms with Crippen LogP contribution in [0.1, 0.15) is 12.5 Å². The average Bonchev–Trinajstić information content (AvgIpc) is 2.43. The maximum atomic E-state index is 12.1. The first-order valence-electron chi connectivity index (χ1n) is 6.55. The van der Waals surface area contributed by atoms with E-state index < -0.39 is 6.10 Å². The van der Waals surface area contributed by atoms with Gasteiger partial charge in [0.1, 0.15) is 5.75 Å². The van der Waals surface area contributed by atoms with Crippen LogP contribution in [0.2, 0.25) is 5.02 Å². The van der Waals surface area contributed by atoms with Gasteiger partial charge in [0.25, 0.3) is 5.91 Å². The van der Waals surface area contributed by atoms with Gasteiger partial charge in [-0.1, -0.05) is 23.7 Å². The number of ether oxygens (including phenoxy) is 1. The number of nitrogens with one attached hydrogen (secondary N) is 1. The van der Waals surface area contributed by atoms with E-state index in [0.29, 0.717) is 22.1 Å². The molecule has 0 radical (unpaired) electrons. The summed E-state index contributed by atoms with van der Waals surface area (Å²) in [6.45, 7) is 3.66. The monoisotopic (exact) mass is 304 g/mol. The number of nitrogen functional groups attached to an aromatic ring is 1. The summed E-state index contributed by atoms with van der Waals surface area (Å²) in [5.41, 5.74) is 7.78. The Bertz CT molecular complexity index is 658. The van der Waals surface area contributed by atoms with Gasteiger partial charge in [-0.05, 0) is 49.7 Å². The molecule has 0 saturated carbocycles. The highest BCUT2D eigenvalue weighted by Crippen LogP contribution is 2.22. The molecule has 0 spiro atoms. The van der Waals surface area contributed by atoms with E-state index in [1.807, 2.05) is 31.2 Å². The summed E-state index contributed by atoms with van der Waals surface area (Å²) in [7, 11) is 0. The number of nitrogens with two attached hydrogens (primary N) is 1. The second kappa shape index (κ2) is 6.50. The molecule has 0 aromatic heterocycles. The van der Waals surface area contributed by atoms with Crippen molar-refractivity contribution >= 4 is 28.9 Å². The predicted octanol–water partition coefficient (Wildman–Crippen LogP) is 3.64. The Kier molecular flexibility index (Phi) is 4.70. The van der Waals surface area contributed by atoms with Crippen LogP contribution in [0, 0.1) is 6.92 Å². The molecule has 2 rings (SSSR count). The Balaban J connectivity index is 2.00. The van der Waals surface area contributed by atoms with E-state index >= 15 is 0 Å². The van der Waals surface area contributed by atoms with Crippen molar-refractivity contribution in [1.29, 1.82) is 0 Å². The van der Waals surface area contributed by atoms with Crippen LogP contribution in [0.15, 0.2) is 42.5 Å². The fraction of sp³-hybridized carbons (Fsp3) is 0.188. The molecule has 0 fully saturated rings. The lowest BCUT2D eigenvalue weighted by molar-refractivity contribution is -0.122. The van der Waals surface area contributed by atoms with Gasteiger partial charge in [0.05, 0.1) is 10.7 Å². The van der Waals surface area contributed by atoms with Crippen molar-refractivity contribution in [3.8, 4) is 5.75 Å². The van der Waals surface area contributed by atoms with Gasteiger partial charge < -0.3 is 15.8 Å². The summed E-state index contributed by atoms with van der Waals surface area (Å²) in [4.78, 5) is 12.1. The topological polar surface area (TPSA) is 64.3 Å². The number of carbonyl (C=O) groups excluding carboxylic acids is 1. The van der Waals surface area contributed by atoms with Crippen LogP contribution in [0.25, 0.3) is 0 Å². The fourth-order valence-corrected chi connectivity index (χ4v) is 1.93. The first-order chi connectivity index (χ1) is 9.95. The van der Waals surface area contributed by atoms with E-state index in [0.717, 1.165) is 5.56 Å². The van der Waals surface area contributed by atoms with Crippen molar-refractivity contribution in [2.45, 2.75) is 20.0 Å². The van der Waals surface area contributed by atoms with Crippen LogP contribution in [-0.4, -0.2) is 12.0 Å². The number of anilines is 2. The Morgan fingerprint density at radius 3 is 2.71 bits per heavy atom. The van der Waals surface area contributed by atoms with Crippen molar-refractivity contribution in [2.24, 2.45) is 0 Å². The van der Waals surface area contributed by atoms with Gasteiger partial charge in [0.15, 0.2) is 6.10 Å². The van der Waals surface area contributed by atoms with Gasteiger partial charge in [0, 0.05) is 5.69 Å². The van der Waals surface area contributed by atoms with Crippen molar-refractivity contribution in [3.05, 3.63) is 53.1 Å². The number of aryl methyl sites for hydroxylation is 1. The molecule has 21 heavy (non-hydrogen) atoms. The molecule has 2 aromatic carbocycles. The number of benzene rings is 2. The number of halogens is 1. The summed E-state index contributed by atoms with van der Waals surface area (Å²) in [6.07, 6.45) is -0.622. The van der Waals surface area contributed by atoms with E-state index in [-0.39, 0.29) is 5.91 Å². The minimum atomic E-state index is -0.622. The lowest BCUT2D eigenvalue weighted by Crippen LogP contribution is -2.30. The number of hydrogen-bond donors (Lipinski definition) is 2. The Hall–Kier alpha value is -2.20. The first-order valence-corrected chi connectivity index (χ1v) is 6.92. The SMILES string of the molecule is Cc1cccc(O[C@H](C)C(=O)Nc2ccc(Cl)c(N)c2)c1. The minimum absolute atomic E-state index is 0.252. The summed E-state index contributed by atoms with van der Waals surface area (Å²) in [5, 5.41) is 3.20. The second-order valence-electron chi connectivity index (χ2n) is 4.80. The lowest BCUT2D eigenvalue weighted by atomic mass is 10.2. The molecule has 3 N–H and O–H groups in total. The normalized spacial score (nSPS) is 11.8. The number of carbonyl (C=O) groups is 1. The van der Waals surface area contributed by atoms with Gasteiger partial charge in [-0.15, -0.1) is 0 Å². The molecule has 0 aliphatic heterocycles. The molecule has 1 atom stereocenters. The van der Waals surface area contributed by atoms with E-state index in [4.69, 9.17) is 22.1 Å². The molecule has 0 aliphatic rings. The van der Waals surface area contributed by atoms with Crippen LogP contribution >= 0.6 is 11.6 Å². The molecular weight excluding hydrogens is 288 g/mol. The van der Waals surface area contributed by atoms with Crippen molar-refractivity contribution in [1.82, 2.24) is 0 Å². The zero-order chi connectivity index (χ0) is 15.4. The van der Waals surface area contributed by atoms with E-state index in [1.54, 1.807) is 25.1 Å². The highest BCUT2D eigenvalue weighted by atomic mass is 35.5. The molecule has 5 heteroatoms. The lowest BCUT2D eigenvalue weighted by Gasteiger charge is -2.15. The van der Waals surface area contributed by atoms with Crippen LogP contribution < -0.4 is 15.8 Å². The van der Waals surface area contributed by atoms with Crippen LogP contribution in [0.4, 0.5) is 11.4 Å². The van der Waals surface area contributed by atoms with Crippen LogP contribution in [-0.2, 0) is 4.79 Å². The molecule has 0 aliphatic carbocycles.